The van der Waals surface area contributed by atoms with Crippen molar-refractivity contribution in [3.05, 3.63) is 47.5 Å². The van der Waals surface area contributed by atoms with E-state index in [0.29, 0.717) is 0 Å². The molecule has 1 heterocycles. The van der Waals surface area contributed by atoms with E-state index in [2.05, 4.69) is 9.97 Å². The number of nitrogen functional groups attached to an aromatic ring is 1. The van der Waals surface area contributed by atoms with Gasteiger partial charge in [0.05, 0.1) is 16.1 Å². The Morgan fingerprint density at radius 3 is 2.83 bits per heavy atom. The van der Waals surface area contributed by atoms with Gasteiger partial charge in [0.25, 0.3) is 0 Å². The molecule has 0 aliphatic heterocycles. The van der Waals surface area contributed by atoms with Gasteiger partial charge in [-0.2, -0.15) is 0 Å². The number of aromatic nitrogens is 2. The summed E-state index contributed by atoms with van der Waals surface area (Å²) >= 11 is 7.62. The molecule has 0 spiro atoms. The van der Waals surface area contributed by atoms with Crippen molar-refractivity contribution in [3.63, 3.8) is 0 Å². The highest BCUT2D eigenvalue weighted by Gasteiger charge is 2.07. The molecule has 3 N–H and O–H groups in total. The summed E-state index contributed by atoms with van der Waals surface area (Å²) in [5.74, 6) is 0. The molecule has 18 heavy (non-hydrogen) atoms. The van der Waals surface area contributed by atoms with Gasteiger partial charge >= 0.3 is 0 Å². The maximum absolute atomic E-state index is 6.12. The van der Waals surface area contributed by atoms with Gasteiger partial charge < -0.3 is 10.7 Å². The molecule has 3 rings (SSSR count). The maximum Gasteiger partial charge on any atom is 0.171 e. The number of fused-ring (bicyclic) bond motifs is 1. The van der Waals surface area contributed by atoms with E-state index in [4.69, 9.17) is 17.3 Å². The Morgan fingerprint density at radius 1 is 1.17 bits per heavy atom. The largest absolute Gasteiger partial charge is 0.399 e. The van der Waals surface area contributed by atoms with Gasteiger partial charge in [-0.1, -0.05) is 35.5 Å². The lowest BCUT2D eigenvalue weighted by Gasteiger charge is -1.99. The third kappa shape index (κ3) is 2.17. The number of rotatable bonds is 2. The van der Waals surface area contributed by atoms with Crippen LogP contribution in [0.15, 0.2) is 52.5 Å². The minimum absolute atomic E-state index is 0.723. The van der Waals surface area contributed by atoms with E-state index in [1.807, 2.05) is 42.5 Å². The number of aromatic amines is 1. The number of anilines is 1. The molecule has 0 atom stereocenters. The zero-order valence-electron chi connectivity index (χ0n) is 9.35. The molecule has 3 aromatic rings. The topological polar surface area (TPSA) is 54.7 Å². The zero-order chi connectivity index (χ0) is 12.5. The second-order valence-electron chi connectivity index (χ2n) is 3.85. The molecule has 5 heteroatoms. The Hall–Kier alpha value is -1.65. The number of hydrogen-bond acceptors (Lipinski definition) is 3. The summed E-state index contributed by atoms with van der Waals surface area (Å²) in [6, 6.07) is 13.3. The van der Waals surface area contributed by atoms with E-state index in [-0.39, 0.29) is 0 Å². The number of halogens is 1. The fraction of sp³-hybridized carbons (Fsp3) is 0. The van der Waals surface area contributed by atoms with E-state index in [0.717, 1.165) is 31.8 Å². The summed E-state index contributed by atoms with van der Waals surface area (Å²) < 4.78 is 0. The van der Waals surface area contributed by atoms with Crippen molar-refractivity contribution in [1.82, 2.24) is 9.97 Å². The molecular formula is C13H10ClN3S. The van der Waals surface area contributed by atoms with Crippen LogP contribution in [0, 0.1) is 0 Å². The van der Waals surface area contributed by atoms with Crippen LogP contribution in [-0.4, -0.2) is 9.97 Å². The van der Waals surface area contributed by atoms with E-state index in [1.165, 1.54) is 11.8 Å². The quantitative estimate of drug-likeness (QED) is 0.696. The molecule has 3 nitrogen and oxygen atoms in total. The standard InChI is InChI=1S/C13H10ClN3S/c14-9-3-1-2-4-12(9)18-13-16-10-6-5-8(15)7-11(10)17-13/h1-7H,15H2,(H,16,17). The lowest BCUT2D eigenvalue weighted by atomic mass is 10.3. The second-order valence-corrected chi connectivity index (χ2v) is 5.29. The van der Waals surface area contributed by atoms with Crippen molar-refractivity contribution in [2.45, 2.75) is 10.1 Å². The van der Waals surface area contributed by atoms with Gasteiger partial charge in [0.2, 0.25) is 0 Å². The second kappa shape index (κ2) is 4.55. The molecule has 0 aliphatic rings. The summed E-state index contributed by atoms with van der Waals surface area (Å²) in [6.07, 6.45) is 0. The first-order valence-corrected chi connectivity index (χ1v) is 6.59. The summed E-state index contributed by atoms with van der Waals surface area (Å²) in [7, 11) is 0. The first-order chi connectivity index (χ1) is 8.72. The Labute approximate surface area is 113 Å². The maximum atomic E-state index is 6.12. The molecule has 0 bridgehead atoms. The van der Waals surface area contributed by atoms with Crippen molar-refractivity contribution in [1.29, 1.82) is 0 Å². The molecule has 0 aliphatic carbocycles. The molecule has 2 aromatic carbocycles. The van der Waals surface area contributed by atoms with Crippen LogP contribution in [0.2, 0.25) is 5.02 Å². The van der Waals surface area contributed by atoms with E-state index in [9.17, 15) is 0 Å². The number of benzene rings is 2. The number of nitrogens with zero attached hydrogens (tertiary/aromatic N) is 1. The van der Waals surface area contributed by atoms with Gasteiger partial charge in [-0.05, 0) is 30.3 Å². The van der Waals surface area contributed by atoms with E-state index < -0.39 is 0 Å². The predicted octanol–water partition coefficient (Wildman–Crippen LogP) is 3.95. The molecular weight excluding hydrogens is 266 g/mol. The summed E-state index contributed by atoms with van der Waals surface area (Å²) in [6.45, 7) is 0. The van der Waals surface area contributed by atoms with Crippen molar-refractivity contribution in [2.24, 2.45) is 0 Å². The molecule has 0 fully saturated rings. The van der Waals surface area contributed by atoms with Crippen LogP contribution >= 0.6 is 23.4 Å². The molecule has 0 unspecified atom stereocenters. The van der Waals surface area contributed by atoms with Gasteiger partial charge in [0.1, 0.15) is 0 Å². The SMILES string of the molecule is Nc1ccc2nc(Sc3ccccc3Cl)[nH]c2c1. The average molecular weight is 276 g/mol. The number of hydrogen-bond donors (Lipinski definition) is 2. The van der Waals surface area contributed by atoms with E-state index >= 15 is 0 Å². The van der Waals surface area contributed by atoms with Gasteiger partial charge in [0.15, 0.2) is 5.16 Å². The van der Waals surface area contributed by atoms with Crippen LogP contribution in [0.3, 0.4) is 0 Å². The highest BCUT2D eigenvalue weighted by molar-refractivity contribution is 7.99. The highest BCUT2D eigenvalue weighted by atomic mass is 35.5. The fourth-order valence-corrected chi connectivity index (χ4v) is 2.76. The van der Waals surface area contributed by atoms with Crippen LogP contribution in [0.4, 0.5) is 5.69 Å². The van der Waals surface area contributed by atoms with Crippen LogP contribution in [-0.2, 0) is 0 Å². The van der Waals surface area contributed by atoms with Crippen molar-refractivity contribution >= 4 is 40.1 Å². The third-order valence-corrected chi connectivity index (χ3v) is 3.93. The molecule has 0 saturated carbocycles. The molecule has 0 radical (unpaired) electrons. The number of imidazole rings is 1. The predicted molar refractivity (Wildman–Crippen MR) is 76.1 cm³/mol. The Kier molecular flexibility index (Phi) is 2.89. The number of H-pyrrole nitrogens is 1. The third-order valence-electron chi connectivity index (χ3n) is 2.53. The fourth-order valence-electron chi connectivity index (χ4n) is 1.68. The van der Waals surface area contributed by atoms with Gasteiger partial charge in [-0.3, -0.25) is 0 Å². The Balaban J connectivity index is 1.98. The van der Waals surface area contributed by atoms with E-state index in [1.54, 1.807) is 0 Å². The van der Waals surface area contributed by atoms with Crippen molar-refractivity contribution < 1.29 is 0 Å². The van der Waals surface area contributed by atoms with Crippen LogP contribution in [0.25, 0.3) is 11.0 Å². The zero-order valence-corrected chi connectivity index (χ0v) is 10.9. The number of nitrogens with one attached hydrogen (secondary N) is 1. The highest BCUT2D eigenvalue weighted by Crippen LogP contribution is 2.32. The summed E-state index contributed by atoms with van der Waals surface area (Å²) in [5, 5.41) is 1.53. The van der Waals surface area contributed by atoms with Gasteiger partial charge in [0, 0.05) is 10.6 Å². The Bertz CT molecular complexity index is 708. The first-order valence-electron chi connectivity index (χ1n) is 5.40. The lowest BCUT2D eigenvalue weighted by molar-refractivity contribution is 1.08. The average Bonchev–Trinajstić information content (AvgIpc) is 2.73. The van der Waals surface area contributed by atoms with Crippen LogP contribution < -0.4 is 5.73 Å². The minimum Gasteiger partial charge on any atom is -0.399 e. The molecule has 0 saturated heterocycles. The Morgan fingerprint density at radius 2 is 2.00 bits per heavy atom. The number of nitrogens with two attached hydrogens (primary N) is 1. The van der Waals surface area contributed by atoms with Gasteiger partial charge in [-0.15, -0.1) is 0 Å². The lowest BCUT2D eigenvalue weighted by Crippen LogP contribution is -1.82. The normalized spacial score (nSPS) is 10.9. The van der Waals surface area contributed by atoms with Crippen LogP contribution in [0.1, 0.15) is 0 Å². The smallest absolute Gasteiger partial charge is 0.171 e. The van der Waals surface area contributed by atoms with Crippen molar-refractivity contribution in [2.75, 3.05) is 5.73 Å². The minimum atomic E-state index is 0.723. The molecule has 1 aromatic heterocycles. The molecule has 90 valence electrons. The molecule has 0 amide bonds. The summed E-state index contributed by atoms with van der Waals surface area (Å²) in [5.41, 5.74) is 8.29. The monoisotopic (exact) mass is 275 g/mol. The van der Waals surface area contributed by atoms with Gasteiger partial charge in [-0.25, -0.2) is 4.98 Å². The van der Waals surface area contributed by atoms with Crippen molar-refractivity contribution in [3.8, 4) is 0 Å². The first kappa shape index (κ1) is 11.4. The van der Waals surface area contributed by atoms with Crippen LogP contribution in [0.5, 0.6) is 0 Å². The summed E-state index contributed by atoms with van der Waals surface area (Å²) in [4.78, 5) is 8.69.